The lowest BCUT2D eigenvalue weighted by Gasteiger charge is -2.26. The number of rotatable bonds is 5. The number of thiazole rings is 1. The largest absolute Gasteiger partial charge is 0.310 e. The number of aromatic nitrogens is 1. The monoisotopic (exact) mass is 610 g/mol. The molecule has 9 rings (SSSR count). The molecular formula is C41H26N2S2. The van der Waals surface area contributed by atoms with E-state index in [9.17, 15) is 0 Å². The summed E-state index contributed by atoms with van der Waals surface area (Å²) in [7, 11) is 0. The molecule has 0 aliphatic heterocycles. The van der Waals surface area contributed by atoms with E-state index in [2.05, 4.69) is 163 Å². The second kappa shape index (κ2) is 10.7. The molecule has 2 aromatic heterocycles. The molecule has 0 spiro atoms. The fourth-order valence-corrected chi connectivity index (χ4v) is 8.59. The lowest BCUT2D eigenvalue weighted by atomic mass is 10.0. The molecule has 0 N–H and O–H groups in total. The highest BCUT2D eigenvalue weighted by molar-refractivity contribution is 7.28. The zero-order valence-electron chi connectivity index (χ0n) is 24.2. The van der Waals surface area contributed by atoms with E-state index in [0.29, 0.717) is 0 Å². The van der Waals surface area contributed by atoms with E-state index in [4.69, 9.17) is 4.98 Å². The third-order valence-corrected chi connectivity index (χ3v) is 10.7. The first-order valence-corrected chi connectivity index (χ1v) is 16.7. The van der Waals surface area contributed by atoms with E-state index in [1.54, 1.807) is 11.3 Å². The van der Waals surface area contributed by atoms with E-state index in [0.717, 1.165) is 33.1 Å². The van der Waals surface area contributed by atoms with Crippen LogP contribution >= 0.6 is 22.7 Å². The summed E-state index contributed by atoms with van der Waals surface area (Å²) >= 11 is 3.64. The zero-order chi connectivity index (χ0) is 29.7. The highest BCUT2D eigenvalue weighted by Gasteiger charge is 2.18. The van der Waals surface area contributed by atoms with Crippen LogP contribution in [0.2, 0.25) is 0 Å². The smallest absolute Gasteiger partial charge is 0.124 e. The Morgan fingerprint density at radius 3 is 1.96 bits per heavy atom. The van der Waals surface area contributed by atoms with Crippen molar-refractivity contribution in [2.45, 2.75) is 0 Å². The summed E-state index contributed by atoms with van der Waals surface area (Å²) in [6, 6.07) is 56.7. The molecule has 45 heavy (non-hydrogen) atoms. The maximum absolute atomic E-state index is 5.05. The number of thiophene rings is 1. The second-order valence-electron chi connectivity index (χ2n) is 11.2. The summed E-state index contributed by atoms with van der Waals surface area (Å²) in [5.74, 6) is 0. The Balaban J connectivity index is 1.26. The minimum atomic E-state index is 1.05. The van der Waals surface area contributed by atoms with Gasteiger partial charge in [0.2, 0.25) is 0 Å². The minimum absolute atomic E-state index is 1.05. The van der Waals surface area contributed by atoms with Gasteiger partial charge >= 0.3 is 0 Å². The summed E-state index contributed by atoms with van der Waals surface area (Å²) in [5.41, 5.74) is 8.00. The fraction of sp³-hybridized carbons (Fsp3) is 0. The molecule has 0 amide bonds. The average molecular weight is 611 g/mol. The Kier molecular flexibility index (Phi) is 6.22. The van der Waals surface area contributed by atoms with Gasteiger partial charge in [0.15, 0.2) is 0 Å². The summed E-state index contributed by atoms with van der Waals surface area (Å²) in [6.07, 6.45) is 0. The molecular weight excluding hydrogens is 585 g/mol. The predicted molar refractivity (Wildman–Crippen MR) is 196 cm³/mol. The Morgan fingerprint density at radius 2 is 1.11 bits per heavy atom. The number of fused-ring (bicyclic) bond motifs is 6. The molecule has 7 aromatic carbocycles. The van der Waals surface area contributed by atoms with Gasteiger partial charge in [-0.1, -0.05) is 103 Å². The summed E-state index contributed by atoms with van der Waals surface area (Å²) in [5, 5.41) is 6.09. The third-order valence-electron chi connectivity index (χ3n) is 8.45. The quantitative estimate of drug-likeness (QED) is 0.193. The van der Waals surface area contributed by atoms with Gasteiger partial charge in [-0.2, -0.15) is 0 Å². The Morgan fingerprint density at radius 1 is 0.444 bits per heavy atom. The summed E-state index contributed by atoms with van der Waals surface area (Å²) in [4.78, 5) is 7.45. The lowest BCUT2D eigenvalue weighted by Crippen LogP contribution is -2.10. The number of hydrogen-bond donors (Lipinski definition) is 0. The van der Waals surface area contributed by atoms with Crippen molar-refractivity contribution in [1.29, 1.82) is 0 Å². The van der Waals surface area contributed by atoms with Crippen LogP contribution in [0.5, 0.6) is 0 Å². The van der Waals surface area contributed by atoms with Gasteiger partial charge in [0, 0.05) is 42.8 Å². The van der Waals surface area contributed by atoms with Crippen molar-refractivity contribution < 1.29 is 0 Å². The second-order valence-corrected chi connectivity index (χ2v) is 13.3. The molecule has 0 saturated heterocycles. The first kappa shape index (κ1) is 26.1. The standard InChI is InChI=1S/C41H26N2S2/c1-3-10-27(11-4-1)31-16-9-17-32(24-31)43(33-19-18-28-12-7-8-15-30(28)25-33)34-20-22-37-35(26-34)39-38(44-37)23-21-36-40(39)45-41(42-36)29-13-5-2-6-14-29/h1-26H. The van der Waals surface area contributed by atoms with Crippen LogP contribution in [0, 0.1) is 0 Å². The normalized spacial score (nSPS) is 11.6. The first-order chi connectivity index (χ1) is 22.3. The lowest BCUT2D eigenvalue weighted by molar-refractivity contribution is 1.30. The summed E-state index contributed by atoms with van der Waals surface area (Å²) < 4.78 is 3.83. The number of hydrogen-bond acceptors (Lipinski definition) is 4. The van der Waals surface area contributed by atoms with Crippen LogP contribution in [0.15, 0.2) is 158 Å². The van der Waals surface area contributed by atoms with Gasteiger partial charge in [-0.15, -0.1) is 22.7 Å². The minimum Gasteiger partial charge on any atom is -0.310 e. The van der Waals surface area contributed by atoms with E-state index >= 15 is 0 Å². The third kappa shape index (κ3) is 4.58. The van der Waals surface area contributed by atoms with E-state index in [1.165, 1.54) is 46.8 Å². The van der Waals surface area contributed by atoms with Gasteiger partial charge in [0.05, 0.1) is 10.2 Å². The van der Waals surface area contributed by atoms with Gasteiger partial charge in [0.25, 0.3) is 0 Å². The van der Waals surface area contributed by atoms with Gasteiger partial charge in [-0.05, 0) is 76.5 Å². The van der Waals surface area contributed by atoms with Gasteiger partial charge in [-0.3, -0.25) is 0 Å². The Hall–Kier alpha value is -5.29. The van der Waals surface area contributed by atoms with Crippen molar-refractivity contribution in [2.24, 2.45) is 0 Å². The molecule has 0 radical (unpaired) electrons. The van der Waals surface area contributed by atoms with Crippen LogP contribution in [-0.4, -0.2) is 4.98 Å². The van der Waals surface area contributed by atoms with Crippen molar-refractivity contribution in [1.82, 2.24) is 4.98 Å². The molecule has 9 aromatic rings. The molecule has 0 saturated carbocycles. The molecule has 0 atom stereocenters. The molecule has 0 aliphatic rings. The van der Waals surface area contributed by atoms with Crippen molar-refractivity contribution in [3.8, 4) is 21.7 Å². The Labute approximate surface area is 269 Å². The van der Waals surface area contributed by atoms with Crippen molar-refractivity contribution in [3.63, 3.8) is 0 Å². The van der Waals surface area contributed by atoms with Gasteiger partial charge in [0.1, 0.15) is 5.01 Å². The maximum Gasteiger partial charge on any atom is 0.124 e. The van der Waals surface area contributed by atoms with Crippen LogP contribution in [-0.2, 0) is 0 Å². The van der Waals surface area contributed by atoms with E-state index in [1.807, 2.05) is 11.3 Å². The van der Waals surface area contributed by atoms with Crippen LogP contribution in [0.4, 0.5) is 17.1 Å². The Bertz CT molecular complexity index is 2490. The van der Waals surface area contributed by atoms with Gasteiger partial charge < -0.3 is 4.90 Å². The van der Waals surface area contributed by atoms with Crippen molar-refractivity contribution in [2.75, 3.05) is 4.90 Å². The van der Waals surface area contributed by atoms with Crippen LogP contribution in [0.1, 0.15) is 0 Å². The van der Waals surface area contributed by atoms with E-state index < -0.39 is 0 Å². The summed E-state index contributed by atoms with van der Waals surface area (Å²) in [6.45, 7) is 0. The highest BCUT2D eigenvalue weighted by Crippen LogP contribution is 2.45. The topological polar surface area (TPSA) is 16.1 Å². The zero-order valence-corrected chi connectivity index (χ0v) is 25.9. The fourth-order valence-electron chi connectivity index (χ4n) is 6.30. The van der Waals surface area contributed by atoms with Crippen LogP contribution in [0.25, 0.3) is 62.9 Å². The number of anilines is 3. The SMILES string of the molecule is c1ccc(-c2cccc(N(c3ccc4ccccc4c3)c3ccc4sc5ccc6nc(-c7ccccc7)sc6c5c4c3)c2)cc1. The van der Waals surface area contributed by atoms with Crippen LogP contribution < -0.4 is 4.90 Å². The number of nitrogens with zero attached hydrogens (tertiary/aromatic N) is 2. The molecule has 0 fully saturated rings. The molecule has 2 nitrogen and oxygen atoms in total. The molecule has 212 valence electrons. The van der Waals surface area contributed by atoms with Crippen molar-refractivity contribution >= 4 is 80.9 Å². The maximum atomic E-state index is 5.05. The first-order valence-electron chi connectivity index (χ1n) is 15.0. The molecule has 4 heteroatoms. The molecule has 0 aliphatic carbocycles. The molecule has 0 unspecified atom stereocenters. The molecule has 0 bridgehead atoms. The van der Waals surface area contributed by atoms with Crippen LogP contribution in [0.3, 0.4) is 0 Å². The van der Waals surface area contributed by atoms with Crippen molar-refractivity contribution in [3.05, 3.63) is 158 Å². The predicted octanol–water partition coefficient (Wildman–Crippen LogP) is 12.6. The number of benzene rings is 7. The highest BCUT2D eigenvalue weighted by atomic mass is 32.1. The van der Waals surface area contributed by atoms with E-state index in [-0.39, 0.29) is 0 Å². The molecule has 2 heterocycles. The average Bonchev–Trinajstić information content (AvgIpc) is 3.71. The van der Waals surface area contributed by atoms with Gasteiger partial charge in [-0.25, -0.2) is 4.98 Å².